The summed E-state index contributed by atoms with van der Waals surface area (Å²) < 4.78 is 6.69. The van der Waals surface area contributed by atoms with Crippen LogP contribution < -0.4 is 11.1 Å². The van der Waals surface area contributed by atoms with E-state index in [4.69, 9.17) is 10.5 Å². The maximum absolute atomic E-state index is 12.4. The van der Waals surface area contributed by atoms with E-state index < -0.39 is 11.9 Å². The van der Waals surface area contributed by atoms with Gasteiger partial charge >= 0.3 is 5.97 Å². The number of hydrogen-bond donors (Lipinski definition) is 2. The molecule has 2 rings (SSSR count). The van der Waals surface area contributed by atoms with Gasteiger partial charge in [-0.1, -0.05) is 18.7 Å². The first-order chi connectivity index (χ1) is 12.8. The van der Waals surface area contributed by atoms with E-state index in [0.29, 0.717) is 10.7 Å². The number of nitrogens with two attached hydrogens (primary N) is 1. The minimum absolute atomic E-state index is 0.0747. The van der Waals surface area contributed by atoms with Crippen molar-refractivity contribution in [2.24, 2.45) is 5.73 Å². The summed E-state index contributed by atoms with van der Waals surface area (Å²) in [5.41, 5.74) is 5.86. The molecule has 0 fully saturated rings. The van der Waals surface area contributed by atoms with Gasteiger partial charge in [-0.2, -0.15) is 0 Å². The van der Waals surface area contributed by atoms with Crippen LogP contribution in [0.4, 0.5) is 5.00 Å². The van der Waals surface area contributed by atoms with Crippen molar-refractivity contribution in [2.75, 3.05) is 18.2 Å². The normalized spacial score (nSPS) is 10.7. The van der Waals surface area contributed by atoms with E-state index in [1.165, 1.54) is 18.9 Å². The van der Waals surface area contributed by atoms with Gasteiger partial charge in [0.1, 0.15) is 10.8 Å². The number of anilines is 1. The van der Waals surface area contributed by atoms with Crippen LogP contribution in [0.25, 0.3) is 0 Å². The van der Waals surface area contributed by atoms with Crippen molar-refractivity contribution in [1.29, 1.82) is 0 Å². The number of amides is 2. The molecule has 0 radical (unpaired) electrons. The highest BCUT2D eigenvalue weighted by molar-refractivity contribution is 7.99. The first kappa shape index (κ1) is 20.9. The molecule has 0 aliphatic heterocycles. The van der Waals surface area contributed by atoms with Crippen molar-refractivity contribution in [3.63, 3.8) is 0 Å². The van der Waals surface area contributed by atoms with Gasteiger partial charge in [0, 0.05) is 6.54 Å². The summed E-state index contributed by atoms with van der Waals surface area (Å²) in [7, 11) is 1.23. The largest absolute Gasteiger partial charge is 0.465 e. The van der Waals surface area contributed by atoms with E-state index in [2.05, 4.69) is 15.5 Å². The Balaban J connectivity index is 2.15. The van der Waals surface area contributed by atoms with Crippen molar-refractivity contribution >= 4 is 45.9 Å². The Morgan fingerprint density at radius 1 is 1.30 bits per heavy atom. The van der Waals surface area contributed by atoms with Gasteiger partial charge in [-0.05, 0) is 25.8 Å². The molecule has 0 atom stereocenters. The van der Waals surface area contributed by atoms with Crippen molar-refractivity contribution in [2.45, 2.75) is 38.9 Å². The van der Waals surface area contributed by atoms with E-state index >= 15 is 0 Å². The number of rotatable bonds is 8. The number of esters is 1. The Morgan fingerprint density at radius 2 is 2.00 bits per heavy atom. The number of carbonyl (C=O) groups is 3. The monoisotopic (exact) mass is 411 g/mol. The summed E-state index contributed by atoms with van der Waals surface area (Å²) in [5.74, 6) is -0.789. The lowest BCUT2D eigenvalue weighted by Gasteiger charge is -2.07. The second-order valence-corrected chi connectivity index (χ2v) is 7.60. The van der Waals surface area contributed by atoms with Crippen LogP contribution in [0.15, 0.2) is 5.16 Å². The van der Waals surface area contributed by atoms with E-state index in [9.17, 15) is 14.4 Å². The smallest absolute Gasteiger partial charge is 0.341 e. The Kier molecular flexibility index (Phi) is 6.97. The standard InChI is InChI=1S/C16H21N5O4S2/c1-5-6-21-9(3)19-20-16(21)26-7-10(22)18-14-11(15(24)25-4)8(2)12(27-14)13(17)23/h5-7H2,1-4H3,(H2,17,23)(H,18,22). The van der Waals surface area contributed by atoms with Gasteiger partial charge in [-0.3, -0.25) is 9.59 Å². The predicted octanol–water partition coefficient (Wildman–Crippen LogP) is 1.98. The SMILES string of the molecule is CCCn1c(C)nnc1SCC(=O)Nc1sc(C(N)=O)c(C)c1C(=O)OC. The van der Waals surface area contributed by atoms with Crippen LogP contribution in [-0.4, -0.2) is 45.4 Å². The third-order valence-electron chi connectivity index (χ3n) is 3.69. The van der Waals surface area contributed by atoms with Crippen molar-refractivity contribution in [1.82, 2.24) is 14.8 Å². The molecule has 27 heavy (non-hydrogen) atoms. The summed E-state index contributed by atoms with van der Waals surface area (Å²) in [6.45, 7) is 6.25. The lowest BCUT2D eigenvalue weighted by Crippen LogP contribution is -2.16. The Hall–Kier alpha value is -2.40. The van der Waals surface area contributed by atoms with Gasteiger partial charge in [0.05, 0.1) is 23.3 Å². The third kappa shape index (κ3) is 4.66. The molecular weight excluding hydrogens is 390 g/mol. The number of aryl methyl sites for hydroxylation is 1. The van der Waals surface area contributed by atoms with Gasteiger partial charge in [0.15, 0.2) is 5.16 Å². The molecule has 11 heteroatoms. The molecule has 0 aromatic carbocycles. The third-order valence-corrected chi connectivity index (χ3v) is 5.88. The Morgan fingerprint density at radius 3 is 2.59 bits per heavy atom. The van der Waals surface area contributed by atoms with E-state index in [-0.39, 0.29) is 27.1 Å². The zero-order valence-corrected chi connectivity index (χ0v) is 17.1. The highest BCUT2D eigenvalue weighted by Crippen LogP contribution is 2.33. The average molecular weight is 412 g/mol. The topological polar surface area (TPSA) is 129 Å². The molecule has 0 bridgehead atoms. The molecule has 0 spiro atoms. The van der Waals surface area contributed by atoms with Crippen molar-refractivity contribution in [3.05, 3.63) is 21.8 Å². The molecule has 0 aliphatic carbocycles. The molecule has 2 aromatic heterocycles. The maximum Gasteiger partial charge on any atom is 0.341 e. The number of thioether (sulfide) groups is 1. The molecule has 3 N–H and O–H groups in total. The number of nitrogens with one attached hydrogen (secondary N) is 1. The second-order valence-electron chi connectivity index (χ2n) is 5.63. The minimum Gasteiger partial charge on any atom is -0.465 e. The van der Waals surface area contributed by atoms with Gasteiger partial charge in [0.2, 0.25) is 5.91 Å². The number of thiophene rings is 1. The van der Waals surface area contributed by atoms with Crippen LogP contribution in [0.3, 0.4) is 0 Å². The number of hydrogen-bond acceptors (Lipinski definition) is 8. The van der Waals surface area contributed by atoms with Gasteiger partial charge < -0.3 is 20.4 Å². The molecule has 0 aliphatic rings. The number of methoxy groups -OCH3 is 1. The fourth-order valence-electron chi connectivity index (χ4n) is 2.43. The molecule has 0 saturated heterocycles. The molecule has 2 amide bonds. The Bertz CT molecular complexity index is 875. The fourth-order valence-corrected chi connectivity index (χ4v) is 4.30. The molecule has 0 saturated carbocycles. The van der Waals surface area contributed by atoms with Gasteiger partial charge in [-0.25, -0.2) is 4.79 Å². The number of primary amides is 1. The first-order valence-electron chi connectivity index (χ1n) is 8.14. The number of carbonyl (C=O) groups excluding carboxylic acids is 3. The van der Waals surface area contributed by atoms with Crippen LogP contribution in [0.5, 0.6) is 0 Å². The van der Waals surface area contributed by atoms with Crippen LogP contribution in [-0.2, 0) is 16.1 Å². The molecule has 146 valence electrons. The minimum atomic E-state index is -0.666. The first-order valence-corrected chi connectivity index (χ1v) is 9.94. The summed E-state index contributed by atoms with van der Waals surface area (Å²) >= 11 is 2.20. The number of ether oxygens (including phenoxy) is 1. The highest BCUT2D eigenvalue weighted by Gasteiger charge is 2.25. The van der Waals surface area contributed by atoms with Crippen LogP contribution >= 0.6 is 23.1 Å². The zero-order chi connectivity index (χ0) is 20.1. The van der Waals surface area contributed by atoms with Crippen LogP contribution in [0, 0.1) is 13.8 Å². The number of nitrogens with zero attached hydrogens (tertiary/aromatic N) is 3. The summed E-state index contributed by atoms with van der Waals surface area (Å²) in [6, 6.07) is 0. The fraction of sp³-hybridized carbons (Fsp3) is 0.438. The van der Waals surface area contributed by atoms with E-state index in [1.54, 1.807) is 6.92 Å². The predicted molar refractivity (Wildman–Crippen MR) is 103 cm³/mol. The van der Waals surface area contributed by atoms with E-state index in [0.717, 1.165) is 30.1 Å². The van der Waals surface area contributed by atoms with Crippen molar-refractivity contribution in [3.8, 4) is 0 Å². The summed E-state index contributed by atoms with van der Waals surface area (Å²) in [4.78, 5) is 36.1. The summed E-state index contributed by atoms with van der Waals surface area (Å²) in [6.07, 6.45) is 0.922. The average Bonchev–Trinajstić information content (AvgIpc) is 3.13. The molecule has 9 nitrogen and oxygen atoms in total. The maximum atomic E-state index is 12.4. The molecule has 2 aromatic rings. The van der Waals surface area contributed by atoms with Crippen LogP contribution in [0.2, 0.25) is 0 Å². The quantitative estimate of drug-likeness (QED) is 0.502. The van der Waals surface area contributed by atoms with Crippen LogP contribution in [0.1, 0.15) is 44.8 Å². The number of aromatic nitrogens is 3. The Labute approximate surface area is 164 Å². The molecule has 2 heterocycles. The van der Waals surface area contributed by atoms with Crippen molar-refractivity contribution < 1.29 is 19.1 Å². The molecule has 0 unspecified atom stereocenters. The zero-order valence-electron chi connectivity index (χ0n) is 15.5. The lowest BCUT2D eigenvalue weighted by atomic mass is 10.1. The second kappa shape index (κ2) is 9.00. The summed E-state index contributed by atoms with van der Waals surface area (Å²) in [5, 5.41) is 11.7. The lowest BCUT2D eigenvalue weighted by molar-refractivity contribution is -0.113. The van der Waals surface area contributed by atoms with E-state index in [1.807, 2.05) is 18.4 Å². The van der Waals surface area contributed by atoms with Gasteiger partial charge in [-0.15, -0.1) is 21.5 Å². The molecular formula is C16H21N5O4S2. The van der Waals surface area contributed by atoms with Gasteiger partial charge in [0.25, 0.3) is 5.91 Å². The highest BCUT2D eigenvalue weighted by atomic mass is 32.2.